The molecule has 0 aliphatic carbocycles. The highest BCUT2D eigenvalue weighted by Crippen LogP contribution is 2.45. The highest BCUT2D eigenvalue weighted by Gasteiger charge is 2.18. The zero-order valence-corrected chi connectivity index (χ0v) is 9.82. The van der Waals surface area contributed by atoms with Crippen LogP contribution in [0.15, 0.2) is 0 Å². The maximum absolute atomic E-state index is 9.36. The average Bonchev–Trinajstić information content (AvgIpc) is 2.13. The zero-order valence-electron chi connectivity index (χ0n) is 6.04. The van der Waals surface area contributed by atoms with Gasteiger partial charge in [0.2, 0.25) is 0 Å². The van der Waals surface area contributed by atoms with Crippen LogP contribution in [0.25, 0.3) is 0 Å². The Bertz CT molecular complexity index is 320. The molecule has 1 N–H and O–H groups in total. The second-order valence-electron chi connectivity index (χ2n) is 2.22. The maximum atomic E-state index is 9.36. The number of benzene rings is 1. The second kappa shape index (κ2) is 4.33. The Kier molecular flexibility index (Phi) is 3.84. The van der Waals surface area contributed by atoms with Crippen LogP contribution in [0.5, 0.6) is 5.75 Å². The Morgan fingerprint density at radius 3 is 1.85 bits per heavy atom. The standard InChI is InChI=1S/C7H3Cl5O/c8-1-2-3(9)5(11)6(12)7(13)4(2)10/h13H,1H2. The van der Waals surface area contributed by atoms with Crippen LogP contribution >= 0.6 is 58.0 Å². The molecule has 0 aliphatic rings. The second-order valence-corrected chi connectivity index (χ2v) is 4.00. The third-order valence-electron chi connectivity index (χ3n) is 1.46. The van der Waals surface area contributed by atoms with Crippen molar-refractivity contribution in [3.05, 3.63) is 25.7 Å². The Morgan fingerprint density at radius 2 is 1.38 bits per heavy atom. The predicted molar refractivity (Wildman–Crippen MR) is 57.7 cm³/mol. The maximum Gasteiger partial charge on any atom is 0.154 e. The molecule has 0 saturated carbocycles. The monoisotopic (exact) mass is 278 g/mol. The van der Waals surface area contributed by atoms with Gasteiger partial charge < -0.3 is 5.11 Å². The summed E-state index contributed by atoms with van der Waals surface area (Å²) in [4.78, 5) is 0. The van der Waals surface area contributed by atoms with Crippen LogP contribution in [-0.2, 0) is 5.88 Å². The third kappa shape index (κ3) is 1.95. The molecule has 13 heavy (non-hydrogen) atoms. The first-order valence-electron chi connectivity index (χ1n) is 3.10. The predicted octanol–water partition coefficient (Wildman–Crippen LogP) is 4.74. The summed E-state index contributed by atoms with van der Waals surface area (Å²) >= 11 is 28.4. The van der Waals surface area contributed by atoms with Crippen LogP contribution in [0.3, 0.4) is 0 Å². The van der Waals surface area contributed by atoms with E-state index in [0.29, 0.717) is 5.56 Å². The topological polar surface area (TPSA) is 20.2 Å². The van der Waals surface area contributed by atoms with E-state index in [1.54, 1.807) is 0 Å². The number of aromatic hydroxyl groups is 1. The molecule has 1 aromatic carbocycles. The number of rotatable bonds is 1. The van der Waals surface area contributed by atoms with Crippen LogP contribution in [0.2, 0.25) is 20.1 Å². The Labute approximate surface area is 100 Å². The fourth-order valence-electron chi connectivity index (χ4n) is 0.786. The van der Waals surface area contributed by atoms with Crippen LogP contribution in [-0.4, -0.2) is 5.11 Å². The summed E-state index contributed by atoms with van der Waals surface area (Å²) < 4.78 is 0. The van der Waals surface area contributed by atoms with Crippen molar-refractivity contribution in [2.75, 3.05) is 0 Å². The Morgan fingerprint density at radius 1 is 0.846 bits per heavy atom. The van der Waals surface area contributed by atoms with E-state index in [1.165, 1.54) is 0 Å². The molecule has 1 aromatic rings. The van der Waals surface area contributed by atoms with E-state index in [1.807, 2.05) is 0 Å². The molecular weight excluding hydrogens is 277 g/mol. The van der Waals surface area contributed by atoms with Crippen LogP contribution in [0, 0.1) is 0 Å². The van der Waals surface area contributed by atoms with E-state index < -0.39 is 0 Å². The molecule has 72 valence electrons. The lowest BCUT2D eigenvalue weighted by molar-refractivity contribution is 0.475. The summed E-state index contributed by atoms with van der Waals surface area (Å²) in [5.41, 5.74) is 0.372. The van der Waals surface area contributed by atoms with E-state index in [4.69, 9.17) is 58.0 Å². The molecule has 0 saturated heterocycles. The number of alkyl halides is 1. The van der Waals surface area contributed by atoms with Crippen LogP contribution in [0.4, 0.5) is 0 Å². The van der Waals surface area contributed by atoms with Gasteiger partial charge in [0.1, 0.15) is 5.02 Å². The SMILES string of the molecule is Oc1c(Cl)c(Cl)c(Cl)c(CCl)c1Cl. The van der Waals surface area contributed by atoms with Crippen LogP contribution in [0.1, 0.15) is 5.56 Å². The van der Waals surface area contributed by atoms with Gasteiger partial charge in [-0.15, -0.1) is 11.6 Å². The van der Waals surface area contributed by atoms with Gasteiger partial charge in [0, 0.05) is 5.56 Å². The molecule has 0 aliphatic heterocycles. The van der Waals surface area contributed by atoms with Gasteiger partial charge in [-0.25, -0.2) is 0 Å². The zero-order chi connectivity index (χ0) is 10.2. The van der Waals surface area contributed by atoms with Crippen molar-refractivity contribution in [3.63, 3.8) is 0 Å². The minimum absolute atomic E-state index is 0.0365. The van der Waals surface area contributed by atoms with Crippen molar-refractivity contribution in [1.82, 2.24) is 0 Å². The molecule has 0 amide bonds. The molecule has 0 aromatic heterocycles. The Hall–Kier alpha value is 0.470. The number of hydrogen-bond acceptors (Lipinski definition) is 1. The molecule has 0 atom stereocenters. The molecule has 0 bridgehead atoms. The van der Waals surface area contributed by atoms with Gasteiger partial charge in [0.15, 0.2) is 5.75 Å². The third-order valence-corrected chi connectivity index (χ3v) is 3.50. The van der Waals surface area contributed by atoms with E-state index >= 15 is 0 Å². The fraction of sp³-hybridized carbons (Fsp3) is 0.143. The molecule has 6 heteroatoms. The number of phenolic OH excluding ortho intramolecular Hbond substituents is 1. The van der Waals surface area contributed by atoms with E-state index in [0.717, 1.165) is 0 Å². The summed E-state index contributed by atoms with van der Waals surface area (Å²) in [6.45, 7) is 0. The lowest BCUT2D eigenvalue weighted by Gasteiger charge is -2.09. The molecular formula is C7H3Cl5O. The molecule has 0 fully saturated rings. The average molecular weight is 280 g/mol. The smallest absolute Gasteiger partial charge is 0.154 e. The molecule has 1 rings (SSSR count). The first-order valence-corrected chi connectivity index (χ1v) is 5.15. The summed E-state index contributed by atoms with van der Waals surface area (Å²) in [7, 11) is 0. The van der Waals surface area contributed by atoms with E-state index in [9.17, 15) is 5.11 Å². The normalized spacial score (nSPS) is 10.5. The van der Waals surface area contributed by atoms with Gasteiger partial charge in [-0.2, -0.15) is 0 Å². The Balaban J connectivity index is 3.56. The lowest BCUT2D eigenvalue weighted by Crippen LogP contribution is -1.86. The highest BCUT2D eigenvalue weighted by atomic mass is 35.5. The van der Waals surface area contributed by atoms with E-state index in [-0.39, 0.29) is 31.7 Å². The van der Waals surface area contributed by atoms with Crippen molar-refractivity contribution >= 4 is 58.0 Å². The van der Waals surface area contributed by atoms with Crippen molar-refractivity contribution in [2.45, 2.75) is 5.88 Å². The van der Waals surface area contributed by atoms with Crippen molar-refractivity contribution in [3.8, 4) is 5.75 Å². The summed E-state index contributed by atoms with van der Waals surface area (Å²) in [5.74, 6) is -0.240. The van der Waals surface area contributed by atoms with Gasteiger partial charge in [-0.1, -0.05) is 46.4 Å². The minimum Gasteiger partial charge on any atom is -0.505 e. The summed E-state index contributed by atoms with van der Waals surface area (Å²) in [6, 6.07) is 0. The van der Waals surface area contributed by atoms with Gasteiger partial charge in [-0.05, 0) is 0 Å². The first-order chi connectivity index (χ1) is 6.00. The number of halogens is 5. The largest absolute Gasteiger partial charge is 0.505 e. The van der Waals surface area contributed by atoms with E-state index in [2.05, 4.69) is 0 Å². The van der Waals surface area contributed by atoms with Gasteiger partial charge in [-0.3, -0.25) is 0 Å². The lowest BCUT2D eigenvalue weighted by atomic mass is 10.2. The first kappa shape index (κ1) is 11.5. The molecule has 0 spiro atoms. The highest BCUT2D eigenvalue weighted by molar-refractivity contribution is 6.51. The van der Waals surface area contributed by atoms with Crippen molar-refractivity contribution in [2.24, 2.45) is 0 Å². The van der Waals surface area contributed by atoms with Gasteiger partial charge >= 0.3 is 0 Å². The molecule has 0 radical (unpaired) electrons. The quantitative estimate of drug-likeness (QED) is 0.447. The molecule has 1 nitrogen and oxygen atoms in total. The molecule has 0 heterocycles. The summed E-state index contributed by atoms with van der Waals surface area (Å²) in [6.07, 6.45) is 0. The van der Waals surface area contributed by atoms with Crippen molar-refractivity contribution < 1.29 is 5.11 Å². The number of hydrogen-bond donors (Lipinski definition) is 1. The fourth-order valence-corrected chi connectivity index (χ4v) is 2.24. The van der Waals surface area contributed by atoms with Gasteiger partial charge in [0.25, 0.3) is 0 Å². The summed E-state index contributed by atoms with van der Waals surface area (Å²) in [5, 5.41) is 9.56. The number of phenols is 1. The van der Waals surface area contributed by atoms with Crippen LogP contribution < -0.4 is 0 Å². The van der Waals surface area contributed by atoms with Gasteiger partial charge in [0.05, 0.1) is 20.9 Å². The minimum atomic E-state index is -0.298. The molecule has 0 unspecified atom stereocenters. The van der Waals surface area contributed by atoms with Crippen molar-refractivity contribution in [1.29, 1.82) is 0 Å².